The normalized spacial score (nSPS) is 11.1. The summed E-state index contributed by atoms with van der Waals surface area (Å²) in [6.45, 7) is 0.328. The summed E-state index contributed by atoms with van der Waals surface area (Å²) in [4.78, 5) is 17.8. The molecule has 0 saturated carbocycles. The number of halogens is 2. The van der Waals surface area contributed by atoms with E-state index in [4.69, 9.17) is 16.6 Å². The van der Waals surface area contributed by atoms with Crippen LogP contribution in [0.15, 0.2) is 82.7 Å². The molecule has 0 bridgehead atoms. The number of para-hydroxylation sites is 1. The number of aromatic nitrogens is 2. The van der Waals surface area contributed by atoms with Crippen LogP contribution in [0.3, 0.4) is 0 Å². The summed E-state index contributed by atoms with van der Waals surface area (Å²) in [5.41, 5.74) is 2.44. The maximum atomic E-state index is 13.2. The third-order valence-electron chi connectivity index (χ3n) is 4.34. The Morgan fingerprint density at radius 1 is 0.964 bits per heavy atom. The van der Waals surface area contributed by atoms with Gasteiger partial charge in [0.05, 0.1) is 17.4 Å². The number of hydrogen-bond acceptors (Lipinski definition) is 3. The Kier molecular flexibility index (Phi) is 5.46. The lowest BCUT2D eigenvalue weighted by Crippen LogP contribution is -2.24. The first-order valence-electron chi connectivity index (χ1n) is 8.71. The molecule has 0 fully saturated rings. The molecule has 140 valence electrons. The predicted octanol–water partition coefficient (Wildman–Crippen LogP) is 5.53. The Labute approximate surface area is 170 Å². The summed E-state index contributed by atoms with van der Waals surface area (Å²) >= 11 is 7.55. The molecule has 0 aliphatic rings. The van der Waals surface area contributed by atoms with Gasteiger partial charge in [-0.15, -0.1) is 0 Å². The lowest BCUT2D eigenvalue weighted by molar-refractivity contribution is 0.622. The van der Waals surface area contributed by atoms with Crippen molar-refractivity contribution in [1.82, 2.24) is 9.55 Å². The largest absolute Gasteiger partial charge is 0.283 e. The molecular weight excluding hydrogens is 395 g/mol. The second kappa shape index (κ2) is 8.17. The lowest BCUT2D eigenvalue weighted by Gasteiger charge is -2.13. The molecule has 1 heterocycles. The number of thioether (sulfide) groups is 1. The van der Waals surface area contributed by atoms with Gasteiger partial charge in [0.2, 0.25) is 0 Å². The molecule has 28 heavy (non-hydrogen) atoms. The van der Waals surface area contributed by atoms with Crippen molar-refractivity contribution in [2.24, 2.45) is 0 Å². The SMILES string of the molecule is O=c1c2ccccc2nc(SCc2cccc(Cl)c2)n1Cc1ccc(F)cc1. The van der Waals surface area contributed by atoms with Crippen molar-refractivity contribution in [3.8, 4) is 0 Å². The highest BCUT2D eigenvalue weighted by Crippen LogP contribution is 2.24. The van der Waals surface area contributed by atoms with Crippen LogP contribution >= 0.6 is 23.4 Å². The fourth-order valence-corrected chi connectivity index (χ4v) is 4.10. The number of rotatable bonds is 5. The monoisotopic (exact) mass is 410 g/mol. The summed E-state index contributed by atoms with van der Waals surface area (Å²) in [7, 11) is 0. The van der Waals surface area contributed by atoms with Crippen LogP contribution in [-0.2, 0) is 12.3 Å². The van der Waals surface area contributed by atoms with E-state index in [-0.39, 0.29) is 11.4 Å². The van der Waals surface area contributed by atoms with Crippen molar-refractivity contribution >= 4 is 34.3 Å². The molecular formula is C22H16ClFN2OS. The average molecular weight is 411 g/mol. The zero-order chi connectivity index (χ0) is 19.5. The van der Waals surface area contributed by atoms with Crippen LogP contribution in [0.4, 0.5) is 4.39 Å². The summed E-state index contributed by atoms with van der Waals surface area (Å²) in [6.07, 6.45) is 0. The number of benzene rings is 3. The van der Waals surface area contributed by atoms with E-state index < -0.39 is 0 Å². The first-order chi connectivity index (χ1) is 13.6. The Morgan fingerprint density at radius 2 is 1.75 bits per heavy atom. The summed E-state index contributed by atoms with van der Waals surface area (Å²) in [6, 6.07) is 21.1. The zero-order valence-electron chi connectivity index (χ0n) is 14.8. The third-order valence-corrected chi connectivity index (χ3v) is 5.62. The van der Waals surface area contributed by atoms with Gasteiger partial charge in [-0.05, 0) is 47.5 Å². The van der Waals surface area contributed by atoms with Gasteiger partial charge in [0.15, 0.2) is 5.16 Å². The topological polar surface area (TPSA) is 34.9 Å². The molecule has 1 aromatic heterocycles. The van der Waals surface area contributed by atoms with Crippen LogP contribution in [0.1, 0.15) is 11.1 Å². The van der Waals surface area contributed by atoms with E-state index >= 15 is 0 Å². The van der Waals surface area contributed by atoms with Crippen LogP contribution in [0, 0.1) is 5.82 Å². The molecule has 0 spiro atoms. The average Bonchev–Trinajstić information content (AvgIpc) is 2.70. The van der Waals surface area contributed by atoms with Crippen LogP contribution in [-0.4, -0.2) is 9.55 Å². The van der Waals surface area contributed by atoms with E-state index in [9.17, 15) is 9.18 Å². The maximum Gasteiger partial charge on any atom is 0.262 e. The Balaban J connectivity index is 1.74. The predicted molar refractivity (Wildman–Crippen MR) is 113 cm³/mol. The van der Waals surface area contributed by atoms with Crippen molar-refractivity contribution in [2.75, 3.05) is 0 Å². The fraction of sp³-hybridized carbons (Fsp3) is 0.0909. The van der Waals surface area contributed by atoms with Gasteiger partial charge < -0.3 is 0 Å². The first-order valence-corrected chi connectivity index (χ1v) is 10.1. The molecule has 4 aromatic rings. The van der Waals surface area contributed by atoms with Crippen LogP contribution < -0.4 is 5.56 Å². The molecule has 0 amide bonds. The van der Waals surface area contributed by atoms with Crippen LogP contribution in [0.5, 0.6) is 0 Å². The molecule has 0 atom stereocenters. The molecule has 3 aromatic carbocycles. The van der Waals surface area contributed by atoms with Crippen LogP contribution in [0.25, 0.3) is 10.9 Å². The summed E-state index contributed by atoms with van der Waals surface area (Å²) in [5.74, 6) is 0.331. The molecule has 0 aliphatic carbocycles. The van der Waals surface area contributed by atoms with Crippen molar-refractivity contribution in [3.63, 3.8) is 0 Å². The molecule has 0 saturated heterocycles. The highest BCUT2D eigenvalue weighted by molar-refractivity contribution is 7.98. The fourth-order valence-electron chi connectivity index (χ4n) is 2.94. The Hall–Kier alpha value is -2.63. The lowest BCUT2D eigenvalue weighted by atomic mass is 10.2. The number of hydrogen-bond donors (Lipinski definition) is 0. The first kappa shape index (κ1) is 18.7. The van der Waals surface area contributed by atoms with Crippen LogP contribution in [0.2, 0.25) is 5.02 Å². The van der Waals surface area contributed by atoms with Gasteiger partial charge in [0, 0.05) is 10.8 Å². The van der Waals surface area contributed by atoms with Gasteiger partial charge >= 0.3 is 0 Å². The smallest absolute Gasteiger partial charge is 0.262 e. The van der Waals surface area contributed by atoms with Crippen molar-refractivity contribution in [3.05, 3.63) is 105 Å². The quantitative estimate of drug-likeness (QED) is 0.320. The van der Waals surface area contributed by atoms with Gasteiger partial charge in [0.25, 0.3) is 5.56 Å². The minimum atomic E-state index is -0.303. The van der Waals surface area contributed by atoms with Crippen molar-refractivity contribution < 1.29 is 4.39 Å². The van der Waals surface area contributed by atoms with Gasteiger partial charge in [-0.3, -0.25) is 9.36 Å². The van der Waals surface area contributed by atoms with Crippen molar-refractivity contribution in [2.45, 2.75) is 17.5 Å². The molecule has 6 heteroatoms. The standard InChI is InChI=1S/C22H16ClFN2OS/c23-17-5-3-4-16(12-17)14-28-22-25-20-7-2-1-6-19(20)21(27)26(22)13-15-8-10-18(24)11-9-15/h1-12H,13-14H2. The second-order valence-electron chi connectivity index (χ2n) is 6.35. The summed E-state index contributed by atoms with van der Waals surface area (Å²) in [5, 5.41) is 1.86. The maximum absolute atomic E-state index is 13.2. The van der Waals surface area contributed by atoms with E-state index in [0.717, 1.165) is 11.1 Å². The molecule has 0 N–H and O–H groups in total. The highest BCUT2D eigenvalue weighted by atomic mass is 35.5. The van der Waals surface area contributed by atoms with E-state index in [1.807, 2.05) is 42.5 Å². The number of nitrogens with zero attached hydrogens (tertiary/aromatic N) is 2. The van der Waals surface area contributed by atoms with Gasteiger partial charge in [-0.1, -0.05) is 59.8 Å². The van der Waals surface area contributed by atoms with Gasteiger partial charge in [-0.25, -0.2) is 9.37 Å². The molecule has 3 nitrogen and oxygen atoms in total. The second-order valence-corrected chi connectivity index (χ2v) is 7.73. The van der Waals surface area contributed by atoms with Gasteiger partial charge in [0.1, 0.15) is 5.82 Å². The van der Waals surface area contributed by atoms with E-state index in [0.29, 0.717) is 33.4 Å². The zero-order valence-corrected chi connectivity index (χ0v) is 16.4. The number of fused-ring (bicyclic) bond motifs is 1. The Bertz CT molecular complexity index is 1190. The van der Waals surface area contributed by atoms with E-state index in [1.165, 1.54) is 23.9 Å². The van der Waals surface area contributed by atoms with E-state index in [2.05, 4.69) is 0 Å². The van der Waals surface area contributed by atoms with E-state index in [1.54, 1.807) is 22.8 Å². The minimum Gasteiger partial charge on any atom is -0.283 e. The minimum absolute atomic E-state index is 0.108. The highest BCUT2D eigenvalue weighted by Gasteiger charge is 2.12. The molecule has 0 radical (unpaired) electrons. The van der Waals surface area contributed by atoms with Gasteiger partial charge in [-0.2, -0.15) is 0 Å². The van der Waals surface area contributed by atoms with Crippen molar-refractivity contribution in [1.29, 1.82) is 0 Å². The molecule has 4 rings (SSSR count). The summed E-state index contributed by atoms with van der Waals surface area (Å²) < 4.78 is 14.9. The molecule has 0 aliphatic heterocycles. The Morgan fingerprint density at radius 3 is 2.54 bits per heavy atom. The third kappa shape index (κ3) is 4.11. The molecule has 0 unspecified atom stereocenters.